The third-order valence-corrected chi connectivity index (χ3v) is 4.43. The second kappa shape index (κ2) is 4.95. The molecule has 1 fully saturated rings. The molecular formula is C15H24O2. The van der Waals surface area contributed by atoms with Crippen LogP contribution in [0, 0.1) is 17.3 Å². The van der Waals surface area contributed by atoms with E-state index in [4.69, 9.17) is 9.47 Å². The lowest BCUT2D eigenvalue weighted by Gasteiger charge is -2.49. The molecule has 0 N–H and O–H groups in total. The first-order valence-electron chi connectivity index (χ1n) is 6.62. The molecule has 1 saturated heterocycles. The van der Waals surface area contributed by atoms with Crippen LogP contribution in [0.15, 0.2) is 23.8 Å². The highest BCUT2D eigenvalue weighted by Gasteiger charge is 2.46. The molecule has 0 unspecified atom stereocenters. The summed E-state index contributed by atoms with van der Waals surface area (Å²) in [5.74, 6) is 1.17. The number of hydrogen-bond donors (Lipinski definition) is 0. The standard InChI is InChI=1S/C15H24O2/c1-5-6-14-16-9-15(10-17-14)12(3)7-11(2)8-13(15)4/h5-7,12-14H,8-10H2,1-4H3/b6-5+/t12-,13-,14?,15?/m0/s1. The molecule has 0 bridgehead atoms. The van der Waals surface area contributed by atoms with E-state index >= 15 is 0 Å². The molecule has 0 aromatic carbocycles. The lowest BCUT2D eigenvalue weighted by Crippen LogP contribution is -2.50. The molecule has 2 atom stereocenters. The summed E-state index contributed by atoms with van der Waals surface area (Å²) in [6, 6.07) is 0. The van der Waals surface area contributed by atoms with E-state index in [2.05, 4.69) is 26.8 Å². The van der Waals surface area contributed by atoms with Crippen molar-refractivity contribution in [3.05, 3.63) is 23.8 Å². The molecule has 0 amide bonds. The molecule has 2 aliphatic rings. The van der Waals surface area contributed by atoms with E-state index in [1.54, 1.807) is 0 Å². The number of ether oxygens (including phenoxy) is 2. The van der Waals surface area contributed by atoms with Gasteiger partial charge in [0.25, 0.3) is 0 Å². The van der Waals surface area contributed by atoms with E-state index in [9.17, 15) is 0 Å². The summed E-state index contributed by atoms with van der Waals surface area (Å²) in [7, 11) is 0. The van der Waals surface area contributed by atoms with E-state index in [-0.39, 0.29) is 11.7 Å². The third kappa shape index (κ3) is 2.34. The van der Waals surface area contributed by atoms with Crippen molar-refractivity contribution in [1.29, 1.82) is 0 Å². The Hall–Kier alpha value is -0.600. The molecule has 0 aromatic rings. The first kappa shape index (κ1) is 12.8. The van der Waals surface area contributed by atoms with Crippen LogP contribution < -0.4 is 0 Å². The van der Waals surface area contributed by atoms with Gasteiger partial charge in [-0.05, 0) is 38.2 Å². The van der Waals surface area contributed by atoms with Crippen molar-refractivity contribution in [2.75, 3.05) is 13.2 Å². The first-order valence-corrected chi connectivity index (χ1v) is 6.62. The maximum absolute atomic E-state index is 5.85. The molecule has 1 aliphatic heterocycles. The van der Waals surface area contributed by atoms with Crippen molar-refractivity contribution >= 4 is 0 Å². The van der Waals surface area contributed by atoms with Gasteiger partial charge in [0.1, 0.15) is 0 Å². The Morgan fingerprint density at radius 1 is 1.29 bits per heavy atom. The normalized spacial score (nSPS) is 43.1. The minimum atomic E-state index is -0.142. The predicted octanol–water partition coefficient (Wildman–Crippen LogP) is 3.54. The fourth-order valence-corrected chi connectivity index (χ4v) is 3.18. The van der Waals surface area contributed by atoms with Crippen LogP contribution in [0.4, 0.5) is 0 Å². The van der Waals surface area contributed by atoms with Crippen molar-refractivity contribution in [2.24, 2.45) is 17.3 Å². The zero-order valence-electron chi connectivity index (χ0n) is 11.4. The number of rotatable bonds is 1. The largest absolute Gasteiger partial charge is 0.348 e. The molecule has 0 aromatic heterocycles. The molecule has 0 radical (unpaired) electrons. The molecule has 2 heteroatoms. The zero-order chi connectivity index (χ0) is 12.5. The summed E-state index contributed by atoms with van der Waals surface area (Å²) in [5, 5.41) is 0. The molecule has 0 saturated carbocycles. The predicted molar refractivity (Wildman–Crippen MR) is 69.6 cm³/mol. The lowest BCUT2D eigenvalue weighted by atomic mass is 9.63. The van der Waals surface area contributed by atoms with E-state index in [0.29, 0.717) is 11.8 Å². The summed E-state index contributed by atoms with van der Waals surface area (Å²) >= 11 is 0. The summed E-state index contributed by atoms with van der Waals surface area (Å²) in [4.78, 5) is 0. The Balaban J connectivity index is 2.11. The van der Waals surface area contributed by atoms with Crippen LogP contribution in [0.25, 0.3) is 0 Å². The molecule has 1 aliphatic carbocycles. The summed E-state index contributed by atoms with van der Waals surface area (Å²) in [6.07, 6.45) is 7.39. The van der Waals surface area contributed by atoms with Crippen LogP contribution in [-0.2, 0) is 9.47 Å². The van der Waals surface area contributed by atoms with Gasteiger partial charge in [-0.25, -0.2) is 0 Å². The molecule has 1 spiro atoms. The van der Waals surface area contributed by atoms with Crippen LogP contribution in [-0.4, -0.2) is 19.5 Å². The number of hydrogen-bond acceptors (Lipinski definition) is 2. The van der Waals surface area contributed by atoms with Gasteiger partial charge in [-0.3, -0.25) is 0 Å². The topological polar surface area (TPSA) is 18.5 Å². The van der Waals surface area contributed by atoms with Crippen molar-refractivity contribution in [3.8, 4) is 0 Å². The monoisotopic (exact) mass is 236 g/mol. The molecule has 17 heavy (non-hydrogen) atoms. The van der Waals surface area contributed by atoms with Gasteiger partial charge in [-0.1, -0.05) is 31.6 Å². The fourth-order valence-electron chi connectivity index (χ4n) is 3.18. The Morgan fingerprint density at radius 3 is 2.47 bits per heavy atom. The quantitative estimate of drug-likeness (QED) is 0.648. The van der Waals surface area contributed by atoms with Crippen LogP contribution in [0.2, 0.25) is 0 Å². The highest BCUT2D eigenvalue weighted by atomic mass is 16.7. The number of allylic oxidation sites excluding steroid dienone is 3. The van der Waals surface area contributed by atoms with E-state index < -0.39 is 0 Å². The maximum Gasteiger partial charge on any atom is 0.176 e. The average Bonchev–Trinajstić information content (AvgIpc) is 2.28. The van der Waals surface area contributed by atoms with E-state index in [1.165, 1.54) is 12.0 Å². The minimum absolute atomic E-state index is 0.142. The van der Waals surface area contributed by atoms with Gasteiger partial charge in [-0.15, -0.1) is 0 Å². The summed E-state index contributed by atoms with van der Waals surface area (Å²) in [6.45, 7) is 10.5. The van der Waals surface area contributed by atoms with Crippen LogP contribution in [0.5, 0.6) is 0 Å². The van der Waals surface area contributed by atoms with Gasteiger partial charge in [-0.2, -0.15) is 0 Å². The van der Waals surface area contributed by atoms with E-state index in [0.717, 1.165) is 13.2 Å². The molecule has 2 nitrogen and oxygen atoms in total. The highest BCUT2D eigenvalue weighted by molar-refractivity contribution is 5.13. The van der Waals surface area contributed by atoms with Crippen molar-refractivity contribution in [2.45, 2.75) is 40.4 Å². The molecular weight excluding hydrogens is 212 g/mol. The van der Waals surface area contributed by atoms with Gasteiger partial charge >= 0.3 is 0 Å². The second-order valence-corrected chi connectivity index (χ2v) is 5.66. The van der Waals surface area contributed by atoms with Crippen LogP contribution >= 0.6 is 0 Å². The van der Waals surface area contributed by atoms with Crippen LogP contribution in [0.3, 0.4) is 0 Å². The maximum atomic E-state index is 5.85. The zero-order valence-corrected chi connectivity index (χ0v) is 11.4. The van der Waals surface area contributed by atoms with Crippen molar-refractivity contribution in [3.63, 3.8) is 0 Å². The first-order chi connectivity index (χ1) is 8.08. The fraction of sp³-hybridized carbons (Fsp3) is 0.733. The van der Waals surface area contributed by atoms with Gasteiger partial charge in [0.2, 0.25) is 0 Å². The average molecular weight is 236 g/mol. The summed E-state index contributed by atoms with van der Waals surface area (Å²) < 4.78 is 11.7. The van der Waals surface area contributed by atoms with Crippen molar-refractivity contribution < 1.29 is 9.47 Å². The third-order valence-electron chi connectivity index (χ3n) is 4.43. The minimum Gasteiger partial charge on any atom is -0.348 e. The van der Waals surface area contributed by atoms with Crippen LogP contribution in [0.1, 0.15) is 34.1 Å². The van der Waals surface area contributed by atoms with Gasteiger partial charge < -0.3 is 9.47 Å². The Morgan fingerprint density at radius 2 is 1.94 bits per heavy atom. The highest BCUT2D eigenvalue weighted by Crippen LogP contribution is 2.46. The molecule has 2 rings (SSSR count). The molecule has 96 valence electrons. The lowest BCUT2D eigenvalue weighted by molar-refractivity contribution is -0.229. The van der Waals surface area contributed by atoms with Gasteiger partial charge in [0, 0.05) is 5.41 Å². The molecule has 1 heterocycles. The Kier molecular flexibility index (Phi) is 3.74. The SMILES string of the molecule is C/C=C/C1OCC2(CO1)[C@@H](C)C=C(C)C[C@@H]2C. The Bertz CT molecular complexity index is 322. The van der Waals surface area contributed by atoms with Crippen molar-refractivity contribution in [1.82, 2.24) is 0 Å². The van der Waals surface area contributed by atoms with E-state index in [1.807, 2.05) is 19.1 Å². The van der Waals surface area contributed by atoms with Gasteiger partial charge in [0.05, 0.1) is 13.2 Å². The Labute approximate surface area is 105 Å². The summed E-state index contributed by atoms with van der Waals surface area (Å²) in [5.41, 5.74) is 1.68. The second-order valence-electron chi connectivity index (χ2n) is 5.66. The smallest absolute Gasteiger partial charge is 0.176 e. The van der Waals surface area contributed by atoms with Gasteiger partial charge in [0.15, 0.2) is 6.29 Å².